The fourth-order valence-corrected chi connectivity index (χ4v) is 1.88. The average Bonchev–Trinajstić information content (AvgIpc) is 2.64. The lowest BCUT2D eigenvalue weighted by Gasteiger charge is -1.99. The minimum atomic E-state index is -0.968. The van der Waals surface area contributed by atoms with Crippen molar-refractivity contribution in [3.63, 3.8) is 0 Å². The summed E-state index contributed by atoms with van der Waals surface area (Å²) in [4.78, 5) is 13.6. The lowest BCUT2D eigenvalue weighted by molar-refractivity contribution is 0.0691. The molecule has 2 aromatic rings. The fourth-order valence-electron chi connectivity index (χ4n) is 1.67. The molecule has 0 saturated carbocycles. The van der Waals surface area contributed by atoms with Crippen LogP contribution in [0.1, 0.15) is 23.0 Å². The maximum Gasteiger partial charge on any atom is 0.352 e. The van der Waals surface area contributed by atoms with E-state index in [0.717, 1.165) is 17.4 Å². The zero-order valence-electron chi connectivity index (χ0n) is 8.17. The highest BCUT2D eigenvalue weighted by molar-refractivity contribution is 6.35. The number of aromatic nitrogens is 1. The Bertz CT molecular complexity index is 531. The number of benzene rings is 1. The van der Waals surface area contributed by atoms with E-state index in [9.17, 15) is 4.79 Å². The Morgan fingerprint density at radius 1 is 1.53 bits per heavy atom. The number of fused-ring (bicyclic) bond motifs is 1. The van der Waals surface area contributed by atoms with E-state index in [2.05, 4.69) is 4.98 Å². The second kappa shape index (κ2) is 3.59. The second-order valence-electron chi connectivity index (χ2n) is 3.34. The van der Waals surface area contributed by atoms with Crippen LogP contribution in [0.4, 0.5) is 0 Å². The SMILES string of the molecule is CCc1ccc(Cl)c2[nH]c(C(=O)O)cc12. The number of carboxylic acids is 1. The summed E-state index contributed by atoms with van der Waals surface area (Å²) in [5, 5.41) is 10.3. The molecular weight excluding hydrogens is 214 g/mol. The van der Waals surface area contributed by atoms with Gasteiger partial charge in [0.05, 0.1) is 10.5 Å². The summed E-state index contributed by atoms with van der Waals surface area (Å²) in [6, 6.07) is 5.33. The first kappa shape index (κ1) is 10.1. The number of hydrogen-bond donors (Lipinski definition) is 2. The molecule has 0 bridgehead atoms. The summed E-state index contributed by atoms with van der Waals surface area (Å²) in [6.45, 7) is 2.02. The van der Waals surface area contributed by atoms with Crippen LogP contribution in [-0.4, -0.2) is 16.1 Å². The average molecular weight is 224 g/mol. The maximum absolute atomic E-state index is 10.8. The van der Waals surface area contributed by atoms with Crippen molar-refractivity contribution in [1.82, 2.24) is 4.98 Å². The van der Waals surface area contributed by atoms with Crippen molar-refractivity contribution in [2.45, 2.75) is 13.3 Å². The molecule has 2 N–H and O–H groups in total. The molecule has 0 saturated heterocycles. The van der Waals surface area contributed by atoms with Crippen molar-refractivity contribution in [2.24, 2.45) is 0 Å². The van der Waals surface area contributed by atoms with E-state index < -0.39 is 5.97 Å². The normalized spacial score (nSPS) is 10.8. The van der Waals surface area contributed by atoms with Gasteiger partial charge in [0.15, 0.2) is 0 Å². The summed E-state index contributed by atoms with van der Waals surface area (Å²) in [6.07, 6.45) is 0.852. The number of rotatable bonds is 2. The summed E-state index contributed by atoms with van der Waals surface area (Å²) in [7, 11) is 0. The molecule has 15 heavy (non-hydrogen) atoms. The van der Waals surface area contributed by atoms with Gasteiger partial charge in [0.2, 0.25) is 0 Å². The predicted molar refractivity (Wildman–Crippen MR) is 59.6 cm³/mol. The first-order valence-corrected chi connectivity index (χ1v) is 5.04. The number of halogens is 1. The molecule has 1 heterocycles. The van der Waals surface area contributed by atoms with Crippen LogP contribution in [0, 0.1) is 0 Å². The molecule has 0 radical (unpaired) electrons. The van der Waals surface area contributed by atoms with Crippen LogP contribution < -0.4 is 0 Å². The monoisotopic (exact) mass is 223 g/mol. The van der Waals surface area contributed by atoms with E-state index in [4.69, 9.17) is 16.7 Å². The molecule has 4 heteroatoms. The number of aromatic carboxylic acids is 1. The summed E-state index contributed by atoms with van der Waals surface area (Å²) < 4.78 is 0. The van der Waals surface area contributed by atoms with Crippen molar-refractivity contribution < 1.29 is 9.90 Å². The number of carbonyl (C=O) groups is 1. The van der Waals surface area contributed by atoms with Gasteiger partial charge < -0.3 is 10.1 Å². The third-order valence-electron chi connectivity index (χ3n) is 2.44. The van der Waals surface area contributed by atoms with Gasteiger partial charge in [0.25, 0.3) is 0 Å². The van der Waals surface area contributed by atoms with Gasteiger partial charge in [-0.3, -0.25) is 0 Å². The van der Waals surface area contributed by atoms with E-state index in [0.29, 0.717) is 10.5 Å². The predicted octanol–water partition coefficient (Wildman–Crippen LogP) is 3.08. The Hall–Kier alpha value is -1.48. The first-order chi connectivity index (χ1) is 7.13. The Kier molecular flexibility index (Phi) is 2.40. The fraction of sp³-hybridized carbons (Fsp3) is 0.182. The molecule has 2 rings (SSSR count). The van der Waals surface area contributed by atoms with Crippen LogP contribution in [-0.2, 0) is 6.42 Å². The summed E-state index contributed by atoms with van der Waals surface area (Å²) >= 11 is 5.98. The molecule has 0 atom stereocenters. The Balaban J connectivity index is 2.77. The van der Waals surface area contributed by atoms with E-state index in [1.165, 1.54) is 0 Å². The van der Waals surface area contributed by atoms with Gasteiger partial charge in [-0.1, -0.05) is 24.6 Å². The van der Waals surface area contributed by atoms with Crippen LogP contribution in [0.2, 0.25) is 5.02 Å². The van der Waals surface area contributed by atoms with Crippen molar-refractivity contribution in [1.29, 1.82) is 0 Å². The first-order valence-electron chi connectivity index (χ1n) is 4.67. The number of aromatic amines is 1. The molecular formula is C11H10ClNO2. The molecule has 0 fully saturated rings. The number of aryl methyl sites for hydroxylation is 1. The van der Waals surface area contributed by atoms with Crippen LogP contribution in [0.15, 0.2) is 18.2 Å². The van der Waals surface area contributed by atoms with Crippen LogP contribution >= 0.6 is 11.6 Å². The Morgan fingerprint density at radius 3 is 2.87 bits per heavy atom. The van der Waals surface area contributed by atoms with E-state index in [1.807, 2.05) is 13.0 Å². The summed E-state index contributed by atoms with van der Waals surface area (Å²) in [5.41, 5.74) is 1.97. The molecule has 0 aliphatic carbocycles. The molecule has 3 nitrogen and oxygen atoms in total. The maximum atomic E-state index is 10.8. The largest absolute Gasteiger partial charge is 0.477 e. The Labute approximate surface area is 91.7 Å². The second-order valence-corrected chi connectivity index (χ2v) is 3.74. The van der Waals surface area contributed by atoms with Gasteiger partial charge >= 0.3 is 5.97 Å². The van der Waals surface area contributed by atoms with Gasteiger partial charge in [-0.25, -0.2) is 4.79 Å². The van der Waals surface area contributed by atoms with Gasteiger partial charge in [0.1, 0.15) is 5.69 Å². The lowest BCUT2D eigenvalue weighted by atomic mass is 10.1. The minimum Gasteiger partial charge on any atom is -0.477 e. The quantitative estimate of drug-likeness (QED) is 0.822. The smallest absolute Gasteiger partial charge is 0.352 e. The highest BCUT2D eigenvalue weighted by Gasteiger charge is 2.11. The van der Waals surface area contributed by atoms with Crippen molar-refractivity contribution in [3.05, 3.63) is 34.5 Å². The lowest BCUT2D eigenvalue weighted by Crippen LogP contribution is -1.94. The standard InChI is InChI=1S/C11H10ClNO2/c1-2-6-3-4-8(12)10-7(6)5-9(13-10)11(14)15/h3-5,13H,2H2,1H3,(H,14,15). The zero-order chi connectivity index (χ0) is 11.0. The topological polar surface area (TPSA) is 53.1 Å². The Morgan fingerprint density at radius 2 is 2.27 bits per heavy atom. The van der Waals surface area contributed by atoms with Gasteiger partial charge in [-0.2, -0.15) is 0 Å². The zero-order valence-corrected chi connectivity index (χ0v) is 8.93. The molecule has 0 aliphatic rings. The minimum absolute atomic E-state index is 0.174. The number of carboxylic acid groups (broad SMARTS) is 1. The number of H-pyrrole nitrogens is 1. The molecule has 0 amide bonds. The van der Waals surface area contributed by atoms with Crippen LogP contribution in [0.25, 0.3) is 10.9 Å². The van der Waals surface area contributed by atoms with Gasteiger partial charge in [-0.15, -0.1) is 0 Å². The van der Waals surface area contributed by atoms with E-state index >= 15 is 0 Å². The molecule has 1 aromatic carbocycles. The van der Waals surface area contributed by atoms with Crippen LogP contribution in [0.5, 0.6) is 0 Å². The van der Waals surface area contributed by atoms with Crippen molar-refractivity contribution in [3.8, 4) is 0 Å². The van der Waals surface area contributed by atoms with Gasteiger partial charge in [-0.05, 0) is 24.1 Å². The van der Waals surface area contributed by atoms with Crippen LogP contribution in [0.3, 0.4) is 0 Å². The molecule has 1 aromatic heterocycles. The molecule has 0 spiro atoms. The molecule has 78 valence electrons. The highest BCUT2D eigenvalue weighted by atomic mass is 35.5. The molecule has 0 aliphatic heterocycles. The molecule has 0 unspecified atom stereocenters. The van der Waals surface area contributed by atoms with E-state index in [-0.39, 0.29) is 5.69 Å². The highest BCUT2D eigenvalue weighted by Crippen LogP contribution is 2.27. The third kappa shape index (κ3) is 1.59. The van der Waals surface area contributed by atoms with Crippen molar-refractivity contribution >= 4 is 28.5 Å². The van der Waals surface area contributed by atoms with Crippen molar-refractivity contribution in [2.75, 3.05) is 0 Å². The van der Waals surface area contributed by atoms with Gasteiger partial charge in [0, 0.05) is 5.39 Å². The third-order valence-corrected chi connectivity index (χ3v) is 2.76. The number of hydrogen-bond acceptors (Lipinski definition) is 1. The summed E-state index contributed by atoms with van der Waals surface area (Å²) in [5.74, 6) is -0.968. The van der Waals surface area contributed by atoms with E-state index in [1.54, 1.807) is 12.1 Å². The number of nitrogens with one attached hydrogen (secondary N) is 1.